The van der Waals surface area contributed by atoms with E-state index in [2.05, 4.69) is 25.8 Å². The quantitative estimate of drug-likeness (QED) is 0.867. The number of nitrogens with two attached hydrogens (primary N) is 1. The van der Waals surface area contributed by atoms with Crippen LogP contribution in [0.4, 0.5) is 11.6 Å². The standard InChI is InChI=1S/C17H20N6O/c1-22(10-13-8-16(24)21-17(19)20-13)15-6-7-23(11-15)14-4-2-12(9-18)3-5-14/h2-5,8,15H,6-7,10-11H2,1H3,(H3,19,20,21,24). The molecule has 0 amide bonds. The molecular weight excluding hydrogens is 304 g/mol. The summed E-state index contributed by atoms with van der Waals surface area (Å²) in [5.74, 6) is 0.150. The van der Waals surface area contributed by atoms with Gasteiger partial charge in [0.05, 0.1) is 17.3 Å². The first-order valence-electron chi connectivity index (χ1n) is 7.86. The van der Waals surface area contributed by atoms with Crippen molar-refractivity contribution >= 4 is 11.6 Å². The van der Waals surface area contributed by atoms with E-state index in [1.165, 1.54) is 6.07 Å². The number of benzene rings is 1. The molecule has 124 valence electrons. The monoisotopic (exact) mass is 324 g/mol. The molecule has 0 spiro atoms. The van der Waals surface area contributed by atoms with Crippen LogP contribution in [0.25, 0.3) is 0 Å². The van der Waals surface area contributed by atoms with Crippen molar-refractivity contribution in [3.63, 3.8) is 0 Å². The molecule has 1 unspecified atom stereocenters. The number of anilines is 2. The average molecular weight is 324 g/mol. The summed E-state index contributed by atoms with van der Waals surface area (Å²) < 4.78 is 0. The van der Waals surface area contributed by atoms with Gasteiger partial charge in [-0.3, -0.25) is 14.7 Å². The van der Waals surface area contributed by atoms with Crippen molar-refractivity contribution in [3.8, 4) is 6.07 Å². The number of rotatable bonds is 4. The van der Waals surface area contributed by atoms with E-state index in [0.29, 0.717) is 23.8 Å². The minimum Gasteiger partial charge on any atom is -0.370 e. The molecule has 1 aliphatic rings. The third kappa shape index (κ3) is 3.55. The van der Waals surface area contributed by atoms with E-state index >= 15 is 0 Å². The lowest BCUT2D eigenvalue weighted by molar-refractivity contribution is 0.247. The Kier molecular flexibility index (Phi) is 4.49. The zero-order valence-electron chi connectivity index (χ0n) is 13.6. The van der Waals surface area contributed by atoms with Crippen LogP contribution in [0.2, 0.25) is 0 Å². The predicted molar refractivity (Wildman–Crippen MR) is 92.5 cm³/mol. The Morgan fingerprint density at radius 2 is 2.21 bits per heavy atom. The van der Waals surface area contributed by atoms with Crippen molar-refractivity contribution in [1.82, 2.24) is 14.9 Å². The van der Waals surface area contributed by atoms with E-state index in [4.69, 9.17) is 11.0 Å². The summed E-state index contributed by atoms with van der Waals surface area (Å²) in [6.07, 6.45) is 1.04. The highest BCUT2D eigenvalue weighted by molar-refractivity contribution is 5.50. The van der Waals surface area contributed by atoms with Gasteiger partial charge in [0.2, 0.25) is 5.95 Å². The maximum absolute atomic E-state index is 11.5. The minimum atomic E-state index is -0.225. The minimum absolute atomic E-state index is 0.150. The van der Waals surface area contributed by atoms with Gasteiger partial charge in [0.15, 0.2) is 0 Å². The number of nitrogens with zero attached hydrogens (tertiary/aromatic N) is 4. The molecule has 3 N–H and O–H groups in total. The lowest BCUT2D eigenvalue weighted by Crippen LogP contribution is -2.34. The van der Waals surface area contributed by atoms with Crippen molar-refractivity contribution in [2.45, 2.75) is 19.0 Å². The summed E-state index contributed by atoms with van der Waals surface area (Å²) in [6.45, 7) is 2.45. The van der Waals surface area contributed by atoms with Gasteiger partial charge in [-0.1, -0.05) is 0 Å². The molecule has 2 heterocycles. The van der Waals surface area contributed by atoms with Crippen molar-refractivity contribution in [1.29, 1.82) is 5.26 Å². The Labute approximate surface area is 140 Å². The van der Waals surface area contributed by atoms with Crippen LogP contribution in [0.15, 0.2) is 35.1 Å². The topological polar surface area (TPSA) is 102 Å². The van der Waals surface area contributed by atoms with Crippen LogP contribution in [-0.4, -0.2) is 41.0 Å². The van der Waals surface area contributed by atoms with Gasteiger partial charge in [-0.2, -0.15) is 5.26 Å². The highest BCUT2D eigenvalue weighted by Crippen LogP contribution is 2.23. The van der Waals surface area contributed by atoms with Crippen LogP contribution in [0.5, 0.6) is 0 Å². The molecule has 0 bridgehead atoms. The van der Waals surface area contributed by atoms with Gasteiger partial charge in [0, 0.05) is 37.4 Å². The fourth-order valence-electron chi connectivity index (χ4n) is 3.08. The number of nitriles is 1. The molecular formula is C17H20N6O. The molecule has 1 aromatic carbocycles. The van der Waals surface area contributed by atoms with Gasteiger partial charge >= 0.3 is 0 Å². The number of H-pyrrole nitrogens is 1. The van der Waals surface area contributed by atoms with Gasteiger partial charge in [0.1, 0.15) is 0 Å². The number of likely N-dealkylation sites (N-methyl/N-ethyl adjacent to an activating group) is 1. The van der Waals surface area contributed by atoms with E-state index in [1.807, 2.05) is 31.3 Å². The third-order valence-electron chi connectivity index (χ3n) is 4.37. The Morgan fingerprint density at radius 1 is 1.46 bits per heavy atom. The Morgan fingerprint density at radius 3 is 2.88 bits per heavy atom. The second-order valence-electron chi connectivity index (χ2n) is 6.08. The molecule has 1 atom stereocenters. The zero-order valence-corrected chi connectivity index (χ0v) is 13.6. The average Bonchev–Trinajstić information content (AvgIpc) is 3.04. The van der Waals surface area contributed by atoms with Gasteiger partial charge < -0.3 is 10.6 Å². The summed E-state index contributed by atoms with van der Waals surface area (Å²) in [7, 11) is 2.03. The van der Waals surface area contributed by atoms with Crippen molar-refractivity contribution in [2.75, 3.05) is 30.8 Å². The second kappa shape index (κ2) is 6.72. The first-order chi connectivity index (χ1) is 11.5. The summed E-state index contributed by atoms with van der Waals surface area (Å²) in [4.78, 5) is 22.6. The molecule has 1 aromatic heterocycles. The van der Waals surface area contributed by atoms with Gasteiger partial charge in [-0.25, -0.2) is 4.98 Å². The van der Waals surface area contributed by atoms with E-state index in [-0.39, 0.29) is 11.5 Å². The molecule has 2 aromatic rings. The smallest absolute Gasteiger partial charge is 0.252 e. The number of aromatic nitrogens is 2. The molecule has 0 radical (unpaired) electrons. The zero-order chi connectivity index (χ0) is 17.1. The van der Waals surface area contributed by atoms with Crippen molar-refractivity contribution < 1.29 is 0 Å². The highest BCUT2D eigenvalue weighted by atomic mass is 16.1. The maximum atomic E-state index is 11.5. The Bertz CT molecular complexity index is 807. The highest BCUT2D eigenvalue weighted by Gasteiger charge is 2.26. The van der Waals surface area contributed by atoms with Crippen molar-refractivity contribution in [2.24, 2.45) is 0 Å². The number of aromatic amines is 1. The van der Waals surface area contributed by atoms with Crippen LogP contribution in [-0.2, 0) is 6.54 Å². The first kappa shape index (κ1) is 16.0. The van der Waals surface area contributed by atoms with Crippen LogP contribution in [0.1, 0.15) is 17.7 Å². The Hall–Kier alpha value is -2.85. The van der Waals surface area contributed by atoms with E-state index in [0.717, 1.165) is 25.2 Å². The molecule has 7 nitrogen and oxygen atoms in total. The number of hydrogen-bond donors (Lipinski definition) is 2. The first-order valence-corrected chi connectivity index (χ1v) is 7.86. The van der Waals surface area contributed by atoms with Crippen LogP contribution < -0.4 is 16.2 Å². The van der Waals surface area contributed by atoms with Crippen molar-refractivity contribution in [3.05, 3.63) is 51.9 Å². The third-order valence-corrected chi connectivity index (χ3v) is 4.37. The van der Waals surface area contributed by atoms with Crippen LogP contribution in [0.3, 0.4) is 0 Å². The van der Waals surface area contributed by atoms with Crippen LogP contribution in [0, 0.1) is 11.3 Å². The lowest BCUT2D eigenvalue weighted by Gasteiger charge is -2.25. The SMILES string of the molecule is CN(Cc1cc(=O)[nH]c(N)n1)C1CCN(c2ccc(C#N)cc2)C1. The molecule has 3 rings (SSSR count). The Balaban J connectivity index is 1.64. The lowest BCUT2D eigenvalue weighted by atomic mass is 10.2. The maximum Gasteiger partial charge on any atom is 0.252 e. The van der Waals surface area contributed by atoms with Gasteiger partial charge in [-0.05, 0) is 37.7 Å². The summed E-state index contributed by atoms with van der Waals surface area (Å²) in [5.41, 5.74) is 7.84. The van der Waals surface area contributed by atoms with E-state index in [1.54, 1.807) is 0 Å². The molecule has 1 fully saturated rings. The molecule has 0 aliphatic carbocycles. The van der Waals surface area contributed by atoms with E-state index in [9.17, 15) is 4.79 Å². The summed E-state index contributed by atoms with van der Waals surface area (Å²) in [6, 6.07) is 11.7. The largest absolute Gasteiger partial charge is 0.370 e. The molecule has 1 saturated heterocycles. The predicted octanol–water partition coefficient (Wildman–Crippen LogP) is 0.934. The van der Waals surface area contributed by atoms with Gasteiger partial charge in [0.25, 0.3) is 5.56 Å². The fraction of sp³-hybridized carbons (Fsp3) is 0.353. The van der Waals surface area contributed by atoms with E-state index < -0.39 is 0 Å². The molecule has 7 heteroatoms. The fourth-order valence-corrected chi connectivity index (χ4v) is 3.08. The van der Waals surface area contributed by atoms with Crippen LogP contribution >= 0.6 is 0 Å². The van der Waals surface area contributed by atoms with Gasteiger partial charge in [-0.15, -0.1) is 0 Å². The second-order valence-corrected chi connectivity index (χ2v) is 6.08. The normalized spacial score (nSPS) is 17.2. The summed E-state index contributed by atoms with van der Waals surface area (Å²) in [5, 5.41) is 8.88. The number of hydrogen-bond acceptors (Lipinski definition) is 6. The number of nitrogen functional groups attached to an aromatic ring is 1. The molecule has 24 heavy (non-hydrogen) atoms. The molecule has 0 saturated carbocycles. The summed E-state index contributed by atoms with van der Waals surface area (Å²) >= 11 is 0. The molecule has 1 aliphatic heterocycles. The number of nitrogens with one attached hydrogen (secondary N) is 1.